The maximum atomic E-state index is 10.5. The normalized spacial score (nSPS) is 29.6. The van der Waals surface area contributed by atoms with Crippen molar-refractivity contribution < 1.29 is 4.79 Å². The maximum Gasteiger partial charge on any atom is 0.248 e. The van der Waals surface area contributed by atoms with Gasteiger partial charge in [-0.3, -0.25) is 4.79 Å². The van der Waals surface area contributed by atoms with Crippen molar-refractivity contribution in [2.75, 3.05) is 0 Å². The van der Waals surface area contributed by atoms with Gasteiger partial charge in [0.25, 0.3) is 0 Å². The van der Waals surface area contributed by atoms with Gasteiger partial charge < -0.3 is 11.1 Å². The predicted octanol–water partition coefficient (Wildman–Crippen LogP) is 1.42. The number of rotatable bonds is 1. The highest BCUT2D eigenvalue weighted by Crippen LogP contribution is 2.43. The first-order valence-electron chi connectivity index (χ1n) is 4.91. The minimum atomic E-state index is -0.456. The molecule has 1 amide bonds. The monoisotopic (exact) mass is 224 g/mol. The van der Waals surface area contributed by atoms with E-state index in [-0.39, 0.29) is 0 Å². The number of fused-ring (bicyclic) bond motifs is 1. The van der Waals surface area contributed by atoms with Gasteiger partial charge in [-0.1, -0.05) is 24.6 Å². The van der Waals surface area contributed by atoms with Gasteiger partial charge in [0.05, 0.1) is 0 Å². The lowest BCUT2D eigenvalue weighted by Crippen LogP contribution is -2.10. The number of carbonyl (C=O) groups is 1. The van der Waals surface area contributed by atoms with Crippen LogP contribution in [0.15, 0.2) is 24.3 Å². The number of primary amides is 1. The van der Waals surface area contributed by atoms with Crippen LogP contribution in [0.1, 0.15) is 17.3 Å². The summed E-state index contributed by atoms with van der Waals surface area (Å²) in [4.78, 5) is 10.5. The van der Waals surface area contributed by atoms with Crippen LogP contribution >= 0.6 is 11.6 Å². The van der Waals surface area contributed by atoms with Crippen LogP contribution in [0.3, 0.4) is 0 Å². The summed E-state index contributed by atoms with van der Waals surface area (Å²) >= 11 is 5.58. The third-order valence-corrected chi connectivity index (χ3v) is 3.00. The lowest BCUT2D eigenvalue weighted by Gasteiger charge is -1.93. The Morgan fingerprint density at radius 3 is 2.33 bits per heavy atom. The second kappa shape index (κ2) is 3.83. The molecular weight excluding hydrogens is 212 g/mol. The maximum absolute atomic E-state index is 10.5. The molecule has 80 valence electrons. The van der Waals surface area contributed by atoms with Crippen molar-refractivity contribution in [1.29, 1.82) is 0 Å². The molecule has 1 saturated carbocycles. The average Bonchev–Trinajstić information content (AvgIpc) is 3.08. The van der Waals surface area contributed by atoms with Crippen LogP contribution in [0.5, 0.6) is 0 Å². The highest BCUT2D eigenvalue weighted by Gasteiger charge is 2.61. The molecule has 3 N–H and O–H groups in total. The molecule has 1 aliphatic heterocycles. The topological polar surface area (TPSA) is 65.0 Å². The van der Waals surface area contributed by atoms with Crippen LogP contribution in [0.25, 0.3) is 0 Å². The van der Waals surface area contributed by atoms with Crippen molar-refractivity contribution in [3.05, 3.63) is 34.9 Å². The largest absolute Gasteiger partial charge is 0.366 e. The second-order valence-electron chi connectivity index (χ2n) is 3.95. The number of amides is 1. The summed E-state index contributed by atoms with van der Waals surface area (Å²) in [6, 6.07) is 8.46. The van der Waals surface area contributed by atoms with Crippen molar-refractivity contribution >= 4 is 17.5 Å². The first-order chi connectivity index (χ1) is 7.09. The standard InChI is InChI=1S/C7H6ClNO.C4H7N/c8-6-3-1-2-5(4-6)7(9)10;1-2-3-4(2)5-3/h1-4H,(H2,9,10);2-5H,1H3. The summed E-state index contributed by atoms with van der Waals surface area (Å²) in [7, 11) is 0. The summed E-state index contributed by atoms with van der Waals surface area (Å²) < 4.78 is 0. The third-order valence-electron chi connectivity index (χ3n) is 2.76. The second-order valence-corrected chi connectivity index (χ2v) is 4.39. The average molecular weight is 225 g/mol. The van der Waals surface area contributed by atoms with E-state index in [0.717, 1.165) is 18.0 Å². The molecule has 0 spiro atoms. The number of nitrogens with two attached hydrogens (primary N) is 1. The molecule has 2 aliphatic rings. The van der Waals surface area contributed by atoms with Gasteiger partial charge in [0.15, 0.2) is 0 Å². The van der Waals surface area contributed by atoms with E-state index < -0.39 is 5.91 Å². The molecule has 1 heterocycles. The molecule has 0 bridgehead atoms. The number of hydrogen-bond donors (Lipinski definition) is 2. The SMILES string of the molecule is CC1C2NC12.NC(=O)c1cccc(Cl)c1. The summed E-state index contributed by atoms with van der Waals surface area (Å²) in [5.74, 6) is 0.581. The van der Waals surface area contributed by atoms with E-state index in [1.54, 1.807) is 18.2 Å². The Morgan fingerprint density at radius 1 is 1.47 bits per heavy atom. The van der Waals surface area contributed by atoms with Gasteiger partial charge in [0.1, 0.15) is 0 Å². The summed E-state index contributed by atoms with van der Waals surface area (Å²) in [6.45, 7) is 2.28. The Bertz CT molecular complexity index is 379. The fourth-order valence-corrected chi connectivity index (χ4v) is 1.65. The number of hydrogen-bond acceptors (Lipinski definition) is 2. The zero-order valence-corrected chi connectivity index (χ0v) is 9.16. The van der Waals surface area contributed by atoms with Crippen molar-refractivity contribution in [1.82, 2.24) is 5.32 Å². The van der Waals surface area contributed by atoms with E-state index in [1.165, 1.54) is 6.07 Å². The molecule has 2 unspecified atom stereocenters. The minimum Gasteiger partial charge on any atom is -0.366 e. The molecule has 1 saturated heterocycles. The first-order valence-corrected chi connectivity index (χ1v) is 5.29. The van der Waals surface area contributed by atoms with Crippen LogP contribution in [-0.2, 0) is 0 Å². The van der Waals surface area contributed by atoms with Crippen LogP contribution in [0.4, 0.5) is 0 Å². The smallest absolute Gasteiger partial charge is 0.248 e. The summed E-state index contributed by atoms with van der Waals surface area (Å²) in [6.07, 6.45) is 0. The Kier molecular flexibility index (Phi) is 2.67. The van der Waals surface area contributed by atoms with E-state index in [9.17, 15) is 4.79 Å². The predicted molar refractivity (Wildman–Crippen MR) is 59.8 cm³/mol. The minimum absolute atomic E-state index is 0.438. The van der Waals surface area contributed by atoms with Gasteiger partial charge in [0.2, 0.25) is 5.91 Å². The van der Waals surface area contributed by atoms with Gasteiger partial charge >= 0.3 is 0 Å². The quantitative estimate of drug-likeness (QED) is 0.709. The van der Waals surface area contributed by atoms with Gasteiger partial charge in [-0.05, 0) is 24.1 Å². The van der Waals surface area contributed by atoms with E-state index >= 15 is 0 Å². The first kappa shape index (κ1) is 10.5. The van der Waals surface area contributed by atoms with Gasteiger partial charge in [-0.25, -0.2) is 0 Å². The zero-order valence-electron chi connectivity index (χ0n) is 8.41. The Balaban J connectivity index is 0.000000139. The third kappa shape index (κ3) is 2.49. The van der Waals surface area contributed by atoms with E-state index in [4.69, 9.17) is 17.3 Å². The summed E-state index contributed by atoms with van der Waals surface area (Å²) in [5, 5.41) is 3.77. The van der Waals surface area contributed by atoms with Crippen molar-refractivity contribution in [2.45, 2.75) is 19.0 Å². The number of nitrogens with one attached hydrogen (secondary N) is 1. The van der Waals surface area contributed by atoms with E-state index in [2.05, 4.69) is 12.2 Å². The lowest BCUT2D eigenvalue weighted by molar-refractivity contribution is 0.100. The molecule has 0 aromatic heterocycles. The van der Waals surface area contributed by atoms with Crippen LogP contribution in [0, 0.1) is 5.92 Å². The molecule has 15 heavy (non-hydrogen) atoms. The fraction of sp³-hybridized carbons (Fsp3) is 0.364. The fourth-order valence-electron chi connectivity index (χ4n) is 1.46. The summed E-state index contributed by atoms with van der Waals surface area (Å²) in [5.41, 5.74) is 5.42. The van der Waals surface area contributed by atoms with Crippen LogP contribution in [-0.4, -0.2) is 18.0 Å². The van der Waals surface area contributed by atoms with Gasteiger partial charge in [-0.15, -0.1) is 0 Å². The highest BCUT2D eigenvalue weighted by molar-refractivity contribution is 6.30. The molecule has 1 aromatic carbocycles. The molecule has 3 nitrogen and oxygen atoms in total. The Hall–Kier alpha value is -1.06. The molecule has 2 atom stereocenters. The van der Waals surface area contributed by atoms with E-state index in [1.807, 2.05) is 0 Å². The Morgan fingerprint density at radius 2 is 2.07 bits per heavy atom. The molecular formula is C11H13ClN2O. The van der Waals surface area contributed by atoms with Crippen LogP contribution in [0.2, 0.25) is 5.02 Å². The number of carbonyl (C=O) groups excluding carboxylic acids is 1. The molecule has 2 fully saturated rings. The number of benzene rings is 1. The van der Waals surface area contributed by atoms with Crippen molar-refractivity contribution in [3.63, 3.8) is 0 Å². The van der Waals surface area contributed by atoms with Gasteiger partial charge in [-0.2, -0.15) is 0 Å². The lowest BCUT2D eigenvalue weighted by atomic mass is 10.2. The van der Waals surface area contributed by atoms with Crippen molar-refractivity contribution in [2.24, 2.45) is 11.7 Å². The zero-order chi connectivity index (χ0) is 11.0. The molecule has 1 aliphatic carbocycles. The number of halogens is 1. The molecule has 1 aromatic rings. The Labute approximate surface area is 93.6 Å². The molecule has 4 heteroatoms. The highest BCUT2D eigenvalue weighted by atomic mass is 35.5. The molecule has 0 radical (unpaired) electrons. The molecule has 3 rings (SSSR count). The van der Waals surface area contributed by atoms with Crippen molar-refractivity contribution in [3.8, 4) is 0 Å². The van der Waals surface area contributed by atoms with Crippen LogP contribution < -0.4 is 11.1 Å². The van der Waals surface area contributed by atoms with Gasteiger partial charge in [0, 0.05) is 22.7 Å². The van der Waals surface area contributed by atoms with E-state index in [0.29, 0.717) is 10.6 Å².